The van der Waals surface area contributed by atoms with E-state index in [0.717, 1.165) is 10.4 Å². The first-order valence-electron chi connectivity index (χ1n) is 7.97. The predicted octanol–water partition coefficient (Wildman–Crippen LogP) is 4.12. The average Bonchev–Trinajstić information content (AvgIpc) is 3.29. The third-order valence-electron chi connectivity index (χ3n) is 3.59. The summed E-state index contributed by atoms with van der Waals surface area (Å²) in [5.74, 6) is -0.402. The predicted molar refractivity (Wildman–Crippen MR) is 96.2 cm³/mol. The van der Waals surface area contributed by atoms with E-state index in [2.05, 4.69) is 5.10 Å². The van der Waals surface area contributed by atoms with Crippen LogP contribution in [0.2, 0.25) is 0 Å². The van der Waals surface area contributed by atoms with Crippen molar-refractivity contribution < 1.29 is 9.53 Å². The molecule has 0 amide bonds. The van der Waals surface area contributed by atoms with Crippen molar-refractivity contribution >= 4 is 17.3 Å². The highest BCUT2D eigenvalue weighted by Gasteiger charge is 2.20. The minimum atomic E-state index is -0.402. The maximum absolute atomic E-state index is 12.4. The van der Waals surface area contributed by atoms with Gasteiger partial charge in [0, 0.05) is 12.6 Å². The molecule has 0 fully saturated rings. The summed E-state index contributed by atoms with van der Waals surface area (Å²) in [6.45, 7) is 0.821. The van der Waals surface area contributed by atoms with Crippen molar-refractivity contribution in [1.29, 1.82) is 5.26 Å². The standard InChI is InChI=1S/C19H17N3O2S/c20-10-4-5-11-24-19(23)16-14-22(13-15-7-2-1-3-8-15)21-18(16)17-9-6-12-25-17/h1-3,6-9,12,14H,4-5,11,13H2. The van der Waals surface area contributed by atoms with Crippen molar-refractivity contribution in [2.75, 3.05) is 6.61 Å². The molecule has 0 aliphatic rings. The van der Waals surface area contributed by atoms with Crippen molar-refractivity contribution in [3.05, 3.63) is 65.2 Å². The molecule has 3 aromatic rings. The number of aromatic nitrogens is 2. The maximum atomic E-state index is 12.4. The number of carbonyl (C=O) groups is 1. The van der Waals surface area contributed by atoms with Gasteiger partial charge < -0.3 is 4.74 Å². The first-order valence-corrected chi connectivity index (χ1v) is 8.85. The number of thiophene rings is 1. The van der Waals surface area contributed by atoms with Crippen LogP contribution >= 0.6 is 11.3 Å². The molecule has 0 spiro atoms. The molecule has 0 radical (unpaired) electrons. The maximum Gasteiger partial charge on any atom is 0.342 e. The van der Waals surface area contributed by atoms with Crippen LogP contribution in [0.5, 0.6) is 0 Å². The molecule has 0 aliphatic heterocycles. The highest BCUT2D eigenvalue weighted by atomic mass is 32.1. The second kappa shape index (κ2) is 8.27. The second-order valence-corrected chi connectivity index (χ2v) is 6.40. The van der Waals surface area contributed by atoms with Crippen molar-refractivity contribution in [2.45, 2.75) is 19.4 Å². The molecule has 1 aromatic carbocycles. The topological polar surface area (TPSA) is 67.9 Å². The third-order valence-corrected chi connectivity index (χ3v) is 4.47. The van der Waals surface area contributed by atoms with Gasteiger partial charge in [0.1, 0.15) is 11.3 Å². The first-order chi connectivity index (χ1) is 12.3. The van der Waals surface area contributed by atoms with Crippen LogP contribution in [0, 0.1) is 11.3 Å². The largest absolute Gasteiger partial charge is 0.462 e. The fourth-order valence-corrected chi connectivity index (χ4v) is 3.13. The van der Waals surface area contributed by atoms with Crippen molar-refractivity contribution in [3.8, 4) is 16.6 Å². The van der Waals surface area contributed by atoms with Crippen LogP contribution in [0.4, 0.5) is 0 Å². The summed E-state index contributed by atoms with van der Waals surface area (Å²) in [4.78, 5) is 13.4. The Hall–Kier alpha value is -2.91. The molecule has 6 heteroatoms. The molecular weight excluding hydrogens is 334 g/mol. The molecule has 0 unspecified atom stereocenters. The van der Waals surface area contributed by atoms with Gasteiger partial charge in [-0.25, -0.2) is 4.79 Å². The minimum absolute atomic E-state index is 0.236. The van der Waals surface area contributed by atoms with Crippen LogP contribution in [-0.2, 0) is 11.3 Å². The number of nitrogens with zero attached hydrogens (tertiary/aromatic N) is 3. The zero-order chi connectivity index (χ0) is 17.5. The number of rotatable bonds is 7. The zero-order valence-electron chi connectivity index (χ0n) is 13.6. The summed E-state index contributed by atoms with van der Waals surface area (Å²) >= 11 is 1.53. The Morgan fingerprint density at radius 1 is 1.24 bits per heavy atom. The fourth-order valence-electron chi connectivity index (χ4n) is 2.41. The van der Waals surface area contributed by atoms with E-state index in [9.17, 15) is 4.79 Å². The van der Waals surface area contributed by atoms with E-state index in [4.69, 9.17) is 10.00 Å². The SMILES string of the molecule is N#CCCCOC(=O)c1cn(Cc2ccccc2)nc1-c1cccs1. The van der Waals surface area contributed by atoms with Crippen molar-refractivity contribution in [1.82, 2.24) is 9.78 Å². The summed E-state index contributed by atoms with van der Waals surface area (Å²) < 4.78 is 7.05. The van der Waals surface area contributed by atoms with E-state index in [1.54, 1.807) is 10.9 Å². The molecule has 0 bridgehead atoms. The lowest BCUT2D eigenvalue weighted by molar-refractivity contribution is 0.0502. The number of ether oxygens (including phenoxy) is 1. The molecule has 126 valence electrons. The van der Waals surface area contributed by atoms with E-state index < -0.39 is 5.97 Å². The molecule has 0 saturated heterocycles. The Morgan fingerprint density at radius 3 is 2.80 bits per heavy atom. The quantitative estimate of drug-likeness (QED) is 0.474. The number of hydrogen-bond acceptors (Lipinski definition) is 5. The summed E-state index contributed by atoms with van der Waals surface area (Å²) in [6.07, 6.45) is 2.64. The smallest absolute Gasteiger partial charge is 0.342 e. The molecule has 0 atom stereocenters. The van der Waals surface area contributed by atoms with Gasteiger partial charge in [0.25, 0.3) is 0 Å². The normalized spacial score (nSPS) is 10.4. The first kappa shape index (κ1) is 16.9. The molecule has 5 nitrogen and oxygen atoms in total. The van der Waals surface area contributed by atoms with Crippen LogP contribution in [0.3, 0.4) is 0 Å². The van der Waals surface area contributed by atoms with Crippen LogP contribution < -0.4 is 0 Å². The molecule has 3 rings (SSSR count). The van der Waals surface area contributed by atoms with Gasteiger partial charge in [0.15, 0.2) is 0 Å². The van der Waals surface area contributed by atoms with E-state index in [-0.39, 0.29) is 6.61 Å². The summed E-state index contributed by atoms with van der Waals surface area (Å²) in [5, 5.41) is 15.1. The summed E-state index contributed by atoms with van der Waals surface area (Å²) in [7, 11) is 0. The average molecular weight is 351 g/mol. The second-order valence-electron chi connectivity index (χ2n) is 5.45. The van der Waals surface area contributed by atoms with Gasteiger partial charge in [-0.05, 0) is 23.4 Å². The number of nitriles is 1. The highest BCUT2D eigenvalue weighted by Crippen LogP contribution is 2.27. The Morgan fingerprint density at radius 2 is 2.08 bits per heavy atom. The Balaban J connectivity index is 1.82. The molecular formula is C19H17N3O2S. The van der Waals surface area contributed by atoms with E-state index >= 15 is 0 Å². The zero-order valence-corrected chi connectivity index (χ0v) is 14.4. The molecule has 25 heavy (non-hydrogen) atoms. The molecule has 0 saturated carbocycles. The number of esters is 1. The Labute approximate surface area is 150 Å². The highest BCUT2D eigenvalue weighted by molar-refractivity contribution is 7.13. The summed E-state index contributed by atoms with van der Waals surface area (Å²) in [5.41, 5.74) is 2.20. The third kappa shape index (κ3) is 4.34. The molecule has 0 N–H and O–H groups in total. The van der Waals surface area contributed by atoms with Gasteiger partial charge >= 0.3 is 5.97 Å². The van der Waals surface area contributed by atoms with Crippen LogP contribution in [0.1, 0.15) is 28.8 Å². The van der Waals surface area contributed by atoms with Crippen molar-refractivity contribution in [3.63, 3.8) is 0 Å². The van der Waals surface area contributed by atoms with Crippen LogP contribution in [0.25, 0.3) is 10.6 Å². The Kier molecular flexibility index (Phi) is 5.60. The lowest BCUT2D eigenvalue weighted by atomic mass is 10.2. The van der Waals surface area contributed by atoms with Crippen LogP contribution in [-0.4, -0.2) is 22.4 Å². The van der Waals surface area contributed by atoms with E-state index in [1.807, 2.05) is 53.9 Å². The van der Waals surface area contributed by atoms with Gasteiger partial charge in [0.2, 0.25) is 0 Å². The molecule has 2 aromatic heterocycles. The number of benzene rings is 1. The number of unbranched alkanes of at least 4 members (excludes halogenated alkanes) is 1. The number of carbonyl (C=O) groups excluding carboxylic acids is 1. The lowest BCUT2D eigenvalue weighted by Gasteiger charge is -2.02. The lowest BCUT2D eigenvalue weighted by Crippen LogP contribution is -2.06. The molecule has 2 heterocycles. The van der Waals surface area contributed by atoms with E-state index in [1.165, 1.54) is 11.3 Å². The monoisotopic (exact) mass is 351 g/mol. The molecule has 0 aliphatic carbocycles. The Bertz CT molecular complexity index is 864. The van der Waals surface area contributed by atoms with Gasteiger partial charge in [-0.3, -0.25) is 4.68 Å². The van der Waals surface area contributed by atoms with Gasteiger partial charge in [-0.15, -0.1) is 11.3 Å². The van der Waals surface area contributed by atoms with E-state index in [0.29, 0.717) is 30.6 Å². The van der Waals surface area contributed by atoms with Gasteiger partial charge in [0.05, 0.1) is 24.1 Å². The fraction of sp³-hybridized carbons (Fsp3) is 0.211. The number of hydrogen-bond donors (Lipinski definition) is 0. The minimum Gasteiger partial charge on any atom is -0.462 e. The van der Waals surface area contributed by atoms with Crippen LogP contribution in [0.15, 0.2) is 54.0 Å². The van der Waals surface area contributed by atoms with Crippen molar-refractivity contribution in [2.24, 2.45) is 0 Å². The summed E-state index contributed by atoms with van der Waals surface area (Å²) in [6, 6.07) is 15.9. The van der Waals surface area contributed by atoms with Gasteiger partial charge in [-0.1, -0.05) is 36.4 Å². The van der Waals surface area contributed by atoms with Gasteiger partial charge in [-0.2, -0.15) is 10.4 Å².